The average molecular weight is 334 g/mol. The molecule has 1 heterocycles. The van der Waals surface area contributed by atoms with E-state index >= 15 is 0 Å². The molecule has 1 N–H and O–H groups in total. The number of carbonyl (C=O) groups excluding carboxylic acids is 1. The van der Waals surface area contributed by atoms with Gasteiger partial charge in [-0.2, -0.15) is 0 Å². The Morgan fingerprint density at radius 2 is 2.00 bits per heavy atom. The number of aromatic hydroxyl groups is 1. The molecule has 0 radical (unpaired) electrons. The lowest BCUT2D eigenvalue weighted by Gasteiger charge is -2.20. The zero-order chi connectivity index (χ0) is 17.1. The largest absolute Gasteiger partial charge is 0.504 e. The Morgan fingerprint density at radius 1 is 1.30 bits per heavy atom. The summed E-state index contributed by atoms with van der Waals surface area (Å²) in [4.78, 5) is 19.5. The van der Waals surface area contributed by atoms with Crippen LogP contribution < -0.4 is 4.74 Å². The van der Waals surface area contributed by atoms with Gasteiger partial charge in [0.05, 0.1) is 12.0 Å². The third kappa shape index (κ3) is 3.88. The van der Waals surface area contributed by atoms with Crippen LogP contribution >= 0.6 is 11.8 Å². The molecule has 0 atom stereocenters. The average Bonchev–Trinajstić information content (AvgIpc) is 2.76. The molecule has 0 aliphatic carbocycles. The summed E-state index contributed by atoms with van der Waals surface area (Å²) in [5, 5.41) is 10.4. The predicted octanol–water partition coefficient (Wildman–Crippen LogP) is 3.49. The maximum atomic E-state index is 12.6. The normalized spacial score (nSPS) is 18.7. The van der Waals surface area contributed by atoms with Gasteiger partial charge in [0.15, 0.2) is 16.7 Å². The van der Waals surface area contributed by atoms with E-state index in [0.717, 1.165) is 10.7 Å². The Hall–Kier alpha value is -1.95. The number of phenols is 1. The third-order valence-corrected chi connectivity index (χ3v) is 4.22. The quantitative estimate of drug-likeness (QED) is 0.856. The maximum Gasteiger partial charge on any atom is 0.266 e. The van der Waals surface area contributed by atoms with Crippen LogP contribution in [0.3, 0.4) is 0 Å². The molecule has 1 amide bonds. The van der Waals surface area contributed by atoms with Gasteiger partial charge in [-0.1, -0.05) is 6.07 Å². The Bertz CT molecular complexity index is 666. The number of thioether (sulfide) groups is 1. The molecule has 6 heteroatoms. The lowest BCUT2D eigenvalue weighted by molar-refractivity contribution is -0.123. The molecule has 1 aromatic carbocycles. The molecule has 0 spiro atoms. The molecule has 0 unspecified atom stereocenters. The monoisotopic (exact) mass is 334 g/mol. The first-order valence-corrected chi connectivity index (χ1v) is 8.33. The van der Waals surface area contributed by atoms with Crippen molar-refractivity contribution in [2.45, 2.75) is 39.8 Å². The van der Waals surface area contributed by atoms with Crippen LogP contribution in [-0.4, -0.2) is 40.3 Å². The van der Waals surface area contributed by atoms with E-state index in [-0.39, 0.29) is 23.7 Å². The second-order valence-corrected chi connectivity index (χ2v) is 6.83. The lowest BCUT2D eigenvalue weighted by Crippen LogP contribution is -2.35. The Labute approximate surface area is 141 Å². The van der Waals surface area contributed by atoms with Gasteiger partial charge in [-0.3, -0.25) is 14.7 Å². The van der Waals surface area contributed by atoms with Crippen molar-refractivity contribution in [1.29, 1.82) is 0 Å². The number of rotatable bonds is 4. The number of ether oxygens (including phenoxy) is 1. The number of amides is 1. The zero-order valence-corrected chi connectivity index (χ0v) is 14.8. The second kappa shape index (κ2) is 7.08. The predicted molar refractivity (Wildman–Crippen MR) is 94.8 cm³/mol. The van der Waals surface area contributed by atoms with Crippen LogP contribution in [0.1, 0.15) is 33.3 Å². The highest BCUT2D eigenvalue weighted by Crippen LogP contribution is 2.35. The fraction of sp³-hybridized carbons (Fsp3) is 0.412. The van der Waals surface area contributed by atoms with Crippen LogP contribution in [0.25, 0.3) is 6.08 Å². The molecule has 0 bridgehead atoms. The molecular weight excluding hydrogens is 312 g/mol. The summed E-state index contributed by atoms with van der Waals surface area (Å²) < 4.78 is 5.10. The molecule has 1 aliphatic heterocycles. The van der Waals surface area contributed by atoms with E-state index in [1.807, 2.05) is 27.7 Å². The van der Waals surface area contributed by atoms with Crippen molar-refractivity contribution in [2.24, 2.45) is 4.99 Å². The van der Waals surface area contributed by atoms with E-state index in [2.05, 4.69) is 4.99 Å². The molecule has 5 nitrogen and oxygen atoms in total. The minimum Gasteiger partial charge on any atom is -0.504 e. The van der Waals surface area contributed by atoms with Gasteiger partial charge in [0.2, 0.25) is 0 Å². The summed E-state index contributed by atoms with van der Waals surface area (Å²) in [6.45, 7) is 7.92. The highest BCUT2D eigenvalue weighted by molar-refractivity contribution is 8.18. The highest BCUT2D eigenvalue weighted by atomic mass is 32.2. The number of hydrogen-bond donors (Lipinski definition) is 1. The van der Waals surface area contributed by atoms with E-state index < -0.39 is 0 Å². The molecule has 1 aliphatic rings. The van der Waals surface area contributed by atoms with Crippen LogP contribution in [0, 0.1) is 0 Å². The fourth-order valence-corrected chi connectivity index (χ4v) is 3.42. The van der Waals surface area contributed by atoms with E-state index in [0.29, 0.717) is 10.7 Å². The van der Waals surface area contributed by atoms with Crippen molar-refractivity contribution < 1.29 is 14.6 Å². The first-order chi connectivity index (χ1) is 10.8. The van der Waals surface area contributed by atoms with Crippen molar-refractivity contribution in [3.05, 3.63) is 28.7 Å². The topological polar surface area (TPSA) is 62.1 Å². The number of aliphatic imine (C=N–C) groups is 1. The van der Waals surface area contributed by atoms with Crippen molar-refractivity contribution >= 4 is 28.9 Å². The first kappa shape index (κ1) is 17.4. The molecule has 2 rings (SSSR count). The molecule has 23 heavy (non-hydrogen) atoms. The van der Waals surface area contributed by atoms with Crippen molar-refractivity contribution in [1.82, 2.24) is 4.90 Å². The van der Waals surface area contributed by atoms with Gasteiger partial charge in [-0.15, -0.1) is 0 Å². The van der Waals surface area contributed by atoms with Gasteiger partial charge in [-0.25, -0.2) is 0 Å². The standard InChI is InChI=1S/C17H22N2O3S/c1-10(2)18-17-19(11(3)4)16(21)15(23-17)9-12-6-7-13(20)14(8-12)22-5/h6-11,20H,1-5H3/b15-9+,18-17?. The van der Waals surface area contributed by atoms with E-state index in [1.165, 1.54) is 18.9 Å². The van der Waals surface area contributed by atoms with Crippen molar-refractivity contribution in [2.75, 3.05) is 7.11 Å². The highest BCUT2D eigenvalue weighted by Gasteiger charge is 2.35. The smallest absolute Gasteiger partial charge is 0.266 e. The van der Waals surface area contributed by atoms with Gasteiger partial charge in [0.25, 0.3) is 5.91 Å². The number of benzene rings is 1. The van der Waals surface area contributed by atoms with Crippen molar-refractivity contribution in [3.63, 3.8) is 0 Å². The Kier molecular flexibility index (Phi) is 5.36. The maximum absolute atomic E-state index is 12.6. The number of methoxy groups -OCH3 is 1. The van der Waals surface area contributed by atoms with Gasteiger partial charge >= 0.3 is 0 Å². The molecule has 124 valence electrons. The van der Waals surface area contributed by atoms with Gasteiger partial charge in [0.1, 0.15) is 0 Å². The van der Waals surface area contributed by atoms with E-state index in [9.17, 15) is 9.90 Å². The van der Waals surface area contributed by atoms with Gasteiger partial charge < -0.3 is 9.84 Å². The minimum atomic E-state index is -0.0450. The second-order valence-electron chi connectivity index (χ2n) is 5.82. The van der Waals surface area contributed by atoms with E-state index in [4.69, 9.17) is 4.74 Å². The molecular formula is C17H22N2O3S. The number of nitrogens with zero attached hydrogens (tertiary/aromatic N) is 2. The van der Waals surface area contributed by atoms with Crippen LogP contribution in [0.2, 0.25) is 0 Å². The number of carbonyl (C=O) groups is 1. The van der Waals surface area contributed by atoms with Crippen LogP contribution in [-0.2, 0) is 4.79 Å². The SMILES string of the molecule is COc1cc(/C=C2/SC(=NC(C)C)N(C(C)C)C2=O)ccc1O. The number of amidine groups is 1. The minimum absolute atomic E-state index is 0.0450. The van der Waals surface area contributed by atoms with Crippen molar-refractivity contribution in [3.8, 4) is 11.5 Å². The van der Waals surface area contributed by atoms with Crippen LogP contribution in [0.15, 0.2) is 28.1 Å². The lowest BCUT2D eigenvalue weighted by atomic mass is 10.2. The van der Waals surface area contributed by atoms with Crippen LogP contribution in [0.4, 0.5) is 0 Å². The number of hydrogen-bond acceptors (Lipinski definition) is 5. The summed E-state index contributed by atoms with van der Waals surface area (Å²) in [5.74, 6) is 0.411. The summed E-state index contributed by atoms with van der Waals surface area (Å²) in [5.41, 5.74) is 0.796. The molecule has 1 saturated heterocycles. The summed E-state index contributed by atoms with van der Waals surface area (Å²) in [6, 6.07) is 5.18. The molecule has 0 aromatic heterocycles. The molecule has 0 saturated carbocycles. The summed E-state index contributed by atoms with van der Waals surface area (Å²) >= 11 is 1.38. The van der Waals surface area contributed by atoms with E-state index in [1.54, 1.807) is 29.2 Å². The van der Waals surface area contributed by atoms with Gasteiger partial charge in [-0.05, 0) is 63.2 Å². The molecule has 1 aromatic rings. The summed E-state index contributed by atoms with van der Waals surface area (Å²) in [7, 11) is 1.50. The summed E-state index contributed by atoms with van der Waals surface area (Å²) in [6.07, 6.45) is 1.80. The van der Waals surface area contributed by atoms with Gasteiger partial charge in [0, 0.05) is 12.1 Å². The third-order valence-electron chi connectivity index (χ3n) is 3.22. The molecule has 1 fully saturated rings. The zero-order valence-electron chi connectivity index (χ0n) is 14.0. The first-order valence-electron chi connectivity index (χ1n) is 7.51. The Morgan fingerprint density at radius 3 is 2.57 bits per heavy atom. The number of phenolic OH excluding ortho intramolecular Hbond substituents is 1. The Balaban J connectivity index is 2.38. The fourth-order valence-electron chi connectivity index (χ4n) is 2.19. The van der Waals surface area contributed by atoms with Crippen LogP contribution in [0.5, 0.6) is 11.5 Å².